The van der Waals surface area contributed by atoms with Crippen LogP contribution in [0.4, 0.5) is 34.1 Å². The Bertz CT molecular complexity index is 2760. The fourth-order valence-corrected chi connectivity index (χ4v) is 14.3. The molecule has 2 nitrogen and oxygen atoms in total. The zero-order valence-electron chi connectivity index (χ0n) is 40.2. The van der Waals surface area contributed by atoms with E-state index < -0.39 is 0 Å². The molecule has 4 heteroatoms. The molecule has 0 N–H and O–H groups in total. The van der Waals surface area contributed by atoms with Gasteiger partial charge in [-0.1, -0.05) is 138 Å². The fraction of sp³-hybridized carbons (Fsp3) is 0.458. The average molecular weight is 849 g/mol. The predicted octanol–water partition coefficient (Wildman–Crippen LogP) is 15.1. The third-order valence-electron chi connectivity index (χ3n) is 16.4. The summed E-state index contributed by atoms with van der Waals surface area (Å²) in [5.41, 5.74) is 18.2. The van der Waals surface area contributed by atoms with E-state index in [1.54, 1.807) is 5.56 Å². The van der Waals surface area contributed by atoms with Gasteiger partial charge in [0.15, 0.2) is 0 Å². The second kappa shape index (κ2) is 14.1. The van der Waals surface area contributed by atoms with Crippen molar-refractivity contribution in [2.24, 2.45) is 23.7 Å². The lowest BCUT2D eigenvalue weighted by Crippen LogP contribution is -2.60. The Morgan fingerprint density at radius 3 is 1.70 bits per heavy atom. The molecule has 2 aliphatic heterocycles. The summed E-state index contributed by atoms with van der Waals surface area (Å²) in [5, 5.41) is 1.39. The molecule has 0 saturated heterocycles. The maximum atomic E-state index is 2.74. The van der Waals surface area contributed by atoms with E-state index in [2.05, 4.69) is 190 Å². The van der Waals surface area contributed by atoms with Gasteiger partial charge < -0.3 is 9.80 Å². The minimum absolute atomic E-state index is 0.0134. The summed E-state index contributed by atoms with van der Waals surface area (Å²) in [4.78, 5) is 5.43. The molecule has 11 rings (SSSR count). The second-order valence-electron chi connectivity index (χ2n) is 24.7. The quantitative estimate of drug-likeness (QED) is 0.163. The lowest BCUT2D eigenvalue weighted by Gasteiger charge is -2.46. The monoisotopic (exact) mass is 849 g/mol. The van der Waals surface area contributed by atoms with Crippen LogP contribution >= 0.6 is 11.3 Å². The van der Waals surface area contributed by atoms with Crippen molar-refractivity contribution in [1.82, 2.24) is 0 Å². The number of fused-ring (bicyclic) bond motifs is 7. The smallest absolute Gasteiger partial charge is 0.264 e. The first-order chi connectivity index (χ1) is 29.7. The van der Waals surface area contributed by atoms with Gasteiger partial charge in [0.25, 0.3) is 6.71 Å². The first-order valence-electron chi connectivity index (χ1n) is 24.4. The van der Waals surface area contributed by atoms with Gasteiger partial charge in [-0.25, -0.2) is 0 Å². The third kappa shape index (κ3) is 6.69. The molecule has 324 valence electrons. The Labute approximate surface area is 383 Å². The second-order valence-corrected chi connectivity index (χ2v) is 25.8. The Kier molecular flexibility index (Phi) is 9.28. The van der Waals surface area contributed by atoms with Crippen LogP contribution in [0.5, 0.6) is 0 Å². The molecule has 5 atom stereocenters. The van der Waals surface area contributed by atoms with Crippen molar-refractivity contribution in [3.8, 4) is 0 Å². The van der Waals surface area contributed by atoms with Gasteiger partial charge in [-0.15, -0.1) is 11.3 Å². The molecule has 3 aliphatic carbocycles. The Morgan fingerprint density at radius 2 is 1.08 bits per heavy atom. The molecule has 3 saturated carbocycles. The van der Waals surface area contributed by atoms with E-state index in [1.165, 1.54) is 121 Å². The molecular formula is C59H69BN2S. The molecule has 5 aliphatic rings. The standard InChI is InChI=1S/C59H69BN2S/c1-56(2,3)38-16-22-42(23-17-38)61-49-26-20-41(59(10,11)12)34-48(49)60-53-50(61)31-37(46-30-35-28-36-14-13-15-44(46)45(36)29-35)32-51(53)62(43-24-18-39(19-25-43)57(4,5)6)54-47-33-40(58(7,8)9)21-27-52(47)63-55(54)60/h16-27,31-36,44-46H,13-15,28-30H2,1-12H3. The number of nitrogens with zero attached hydrogens (tertiary/aromatic N) is 2. The lowest BCUT2D eigenvalue weighted by molar-refractivity contribution is 0.131. The van der Waals surface area contributed by atoms with E-state index in [9.17, 15) is 0 Å². The number of benzene rings is 5. The zero-order chi connectivity index (χ0) is 44.1. The highest BCUT2D eigenvalue weighted by atomic mass is 32.1. The molecule has 1 aromatic heterocycles. The highest BCUT2D eigenvalue weighted by molar-refractivity contribution is 7.33. The van der Waals surface area contributed by atoms with Crippen LogP contribution in [0.1, 0.15) is 155 Å². The molecule has 3 fully saturated rings. The average Bonchev–Trinajstić information content (AvgIpc) is 3.81. The van der Waals surface area contributed by atoms with Crippen LogP contribution in [0.3, 0.4) is 0 Å². The molecule has 0 spiro atoms. The number of hydrogen-bond acceptors (Lipinski definition) is 3. The fourth-order valence-electron chi connectivity index (χ4n) is 13.0. The maximum Gasteiger partial charge on any atom is 0.264 e. The number of hydrogen-bond donors (Lipinski definition) is 0. The van der Waals surface area contributed by atoms with Gasteiger partial charge in [-0.2, -0.15) is 0 Å². The number of rotatable bonds is 3. The predicted molar refractivity (Wildman–Crippen MR) is 275 cm³/mol. The molecule has 63 heavy (non-hydrogen) atoms. The molecule has 2 bridgehead atoms. The van der Waals surface area contributed by atoms with E-state index in [4.69, 9.17) is 0 Å². The molecule has 0 radical (unpaired) electrons. The van der Waals surface area contributed by atoms with Gasteiger partial charge in [0.2, 0.25) is 0 Å². The minimum atomic E-state index is 0.0134. The Hall–Kier alpha value is -4.28. The van der Waals surface area contributed by atoms with Crippen LogP contribution in [0.25, 0.3) is 10.1 Å². The van der Waals surface area contributed by atoms with E-state index in [-0.39, 0.29) is 28.4 Å². The van der Waals surface area contributed by atoms with Crippen LogP contribution < -0.4 is 25.5 Å². The molecule has 3 heterocycles. The molecule has 5 unspecified atom stereocenters. The van der Waals surface area contributed by atoms with Gasteiger partial charge in [-0.3, -0.25) is 0 Å². The van der Waals surface area contributed by atoms with Crippen molar-refractivity contribution >= 4 is 78.0 Å². The van der Waals surface area contributed by atoms with Crippen LogP contribution in [0.2, 0.25) is 0 Å². The van der Waals surface area contributed by atoms with Crippen LogP contribution in [0, 0.1) is 23.7 Å². The van der Waals surface area contributed by atoms with Gasteiger partial charge >= 0.3 is 0 Å². The van der Waals surface area contributed by atoms with Gasteiger partial charge in [0.05, 0.1) is 5.69 Å². The minimum Gasteiger partial charge on any atom is -0.311 e. The van der Waals surface area contributed by atoms with E-state index in [1.807, 2.05) is 11.3 Å². The number of anilines is 6. The third-order valence-corrected chi connectivity index (χ3v) is 17.7. The summed E-state index contributed by atoms with van der Waals surface area (Å²) >= 11 is 2.04. The summed E-state index contributed by atoms with van der Waals surface area (Å²) < 4.78 is 2.85. The largest absolute Gasteiger partial charge is 0.311 e. The summed E-state index contributed by atoms with van der Waals surface area (Å²) in [6, 6.07) is 39.6. The van der Waals surface area contributed by atoms with Gasteiger partial charge in [0, 0.05) is 43.3 Å². The van der Waals surface area contributed by atoms with Crippen LogP contribution in [0.15, 0.2) is 97.1 Å². The topological polar surface area (TPSA) is 6.48 Å². The Morgan fingerprint density at radius 1 is 0.524 bits per heavy atom. The first kappa shape index (κ1) is 41.4. The van der Waals surface area contributed by atoms with Crippen molar-refractivity contribution in [1.29, 1.82) is 0 Å². The Balaban J connectivity index is 1.24. The van der Waals surface area contributed by atoms with E-state index in [0.29, 0.717) is 5.92 Å². The van der Waals surface area contributed by atoms with Crippen LogP contribution in [-0.2, 0) is 21.7 Å². The molecule has 6 aromatic rings. The van der Waals surface area contributed by atoms with E-state index in [0.717, 1.165) is 23.7 Å². The first-order valence-corrected chi connectivity index (χ1v) is 25.3. The van der Waals surface area contributed by atoms with E-state index >= 15 is 0 Å². The highest BCUT2D eigenvalue weighted by Gasteiger charge is 2.51. The summed E-state index contributed by atoms with van der Waals surface area (Å²) in [7, 11) is 0. The van der Waals surface area contributed by atoms with Crippen molar-refractivity contribution in [3.05, 3.63) is 125 Å². The van der Waals surface area contributed by atoms with Gasteiger partial charge in [-0.05, 0) is 170 Å². The van der Waals surface area contributed by atoms with Crippen molar-refractivity contribution < 1.29 is 0 Å². The SMILES string of the molecule is CC(C)(C)c1ccc(N2c3ccc(C(C)(C)C)cc3B3c4sc5ccc(C(C)(C)C)cc5c4N(c4ccc(C(C)(C)C)cc4)c4cc(C5CC6CC7CCCC5C7C6)cc2c43)cc1. The molecular weight excluding hydrogens is 780 g/mol. The van der Waals surface area contributed by atoms with Crippen molar-refractivity contribution in [3.63, 3.8) is 0 Å². The van der Waals surface area contributed by atoms with Crippen molar-refractivity contribution in [2.75, 3.05) is 9.80 Å². The maximum absolute atomic E-state index is 2.74. The molecule has 5 aromatic carbocycles. The highest BCUT2D eigenvalue weighted by Crippen LogP contribution is 2.60. The summed E-state index contributed by atoms with van der Waals surface area (Å²) in [5.74, 6) is 4.07. The van der Waals surface area contributed by atoms with Crippen LogP contribution in [-0.4, -0.2) is 6.71 Å². The summed E-state index contributed by atoms with van der Waals surface area (Å²) in [6.07, 6.45) is 8.51. The summed E-state index contributed by atoms with van der Waals surface area (Å²) in [6.45, 7) is 28.4. The molecule has 0 amide bonds. The number of thiophene rings is 1. The van der Waals surface area contributed by atoms with Gasteiger partial charge in [0.1, 0.15) is 0 Å². The normalized spacial score (nSPS) is 22.9. The van der Waals surface area contributed by atoms with Crippen molar-refractivity contribution in [2.45, 2.75) is 149 Å². The zero-order valence-corrected chi connectivity index (χ0v) is 41.1. The lowest BCUT2D eigenvalue weighted by atomic mass is 9.36.